The lowest BCUT2D eigenvalue weighted by atomic mass is 9.91. The molecule has 0 aliphatic carbocycles. The minimum Gasteiger partial charge on any atom is -0.456 e. The van der Waals surface area contributed by atoms with Gasteiger partial charge in [0.1, 0.15) is 27.2 Å². The predicted octanol–water partition coefficient (Wildman–Crippen LogP) is 14.1. The molecule has 0 amide bonds. The average Bonchev–Trinajstić information content (AvgIpc) is 3.92. The fourth-order valence-corrected chi connectivity index (χ4v) is 10.3. The van der Waals surface area contributed by atoms with Gasteiger partial charge in [-0.05, 0) is 56.6 Å². The summed E-state index contributed by atoms with van der Waals surface area (Å²) in [6.45, 7) is 0. The third-order valence-corrected chi connectivity index (χ3v) is 12.6. The maximum absolute atomic E-state index is 6.45. The lowest BCUT2D eigenvalue weighted by molar-refractivity contribution is 0.669. The van der Waals surface area contributed by atoms with E-state index in [1.807, 2.05) is 12.1 Å². The molecular weight excluding hydrogens is 691 g/mol. The van der Waals surface area contributed by atoms with Gasteiger partial charge in [0.25, 0.3) is 0 Å². The molecular formula is C50H27N3OS. The van der Waals surface area contributed by atoms with E-state index in [1.165, 1.54) is 58.6 Å². The number of furan rings is 1. The SMILES string of the molecule is c1ccc2c(c1)ccc1c3c4c5ccccc5c5ccccc5c4ccc3n(-c3nc4c(nc3-c3cccc5oc6ccccc6c35)sc3ccccc34)c21. The largest absolute Gasteiger partial charge is 0.456 e. The van der Waals surface area contributed by atoms with Crippen LogP contribution in [0.5, 0.6) is 0 Å². The summed E-state index contributed by atoms with van der Waals surface area (Å²) in [6.07, 6.45) is 0. The minimum atomic E-state index is 0.801. The Morgan fingerprint density at radius 2 is 1.07 bits per heavy atom. The van der Waals surface area contributed by atoms with Gasteiger partial charge in [-0.2, -0.15) is 0 Å². The molecule has 4 aromatic heterocycles. The Morgan fingerprint density at radius 1 is 0.436 bits per heavy atom. The van der Waals surface area contributed by atoms with Crippen molar-refractivity contribution in [1.82, 2.24) is 14.5 Å². The molecule has 0 unspecified atom stereocenters. The number of rotatable bonds is 2. The highest BCUT2D eigenvalue weighted by Gasteiger charge is 2.26. The number of hydrogen-bond acceptors (Lipinski definition) is 4. The summed E-state index contributed by atoms with van der Waals surface area (Å²) >= 11 is 1.70. The van der Waals surface area contributed by atoms with Crippen LogP contribution in [0.3, 0.4) is 0 Å². The van der Waals surface area contributed by atoms with Crippen molar-refractivity contribution in [2.45, 2.75) is 0 Å². The number of hydrogen-bond donors (Lipinski definition) is 0. The maximum atomic E-state index is 6.45. The molecule has 0 fully saturated rings. The predicted molar refractivity (Wildman–Crippen MR) is 232 cm³/mol. The van der Waals surface area contributed by atoms with E-state index >= 15 is 0 Å². The van der Waals surface area contributed by atoms with Crippen LogP contribution in [-0.4, -0.2) is 14.5 Å². The van der Waals surface area contributed by atoms with Gasteiger partial charge in [-0.15, -0.1) is 11.3 Å². The topological polar surface area (TPSA) is 43.9 Å². The van der Waals surface area contributed by atoms with Gasteiger partial charge in [0.05, 0.1) is 11.0 Å². The van der Waals surface area contributed by atoms with Crippen molar-refractivity contribution in [2.24, 2.45) is 0 Å². The third kappa shape index (κ3) is 3.89. The molecule has 0 saturated carbocycles. The van der Waals surface area contributed by atoms with Crippen LogP contribution < -0.4 is 0 Å². The summed E-state index contributed by atoms with van der Waals surface area (Å²) in [5.74, 6) is 0.801. The molecule has 13 aromatic rings. The van der Waals surface area contributed by atoms with E-state index in [2.05, 4.69) is 156 Å². The van der Waals surface area contributed by atoms with E-state index in [0.29, 0.717) is 0 Å². The van der Waals surface area contributed by atoms with Crippen LogP contribution >= 0.6 is 11.3 Å². The van der Waals surface area contributed by atoms with Crippen LogP contribution in [0.15, 0.2) is 168 Å². The molecule has 4 heterocycles. The maximum Gasteiger partial charge on any atom is 0.165 e. The van der Waals surface area contributed by atoms with E-state index in [4.69, 9.17) is 14.4 Å². The monoisotopic (exact) mass is 717 g/mol. The second kappa shape index (κ2) is 10.8. The summed E-state index contributed by atoms with van der Waals surface area (Å²) in [4.78, 5) is 12.3. The molecule has 0 atom stereocenters. The Kier molecular flexibility index (Phi) is 5.74. The van der Waals surface area contributed by atoms with Gasteiger partial charge in [0.2, 0.25) is 0 Å². The molecule has 0 bridgehead atoms. The van der Waals surface area contributed by atoms with Crippen LogP contribution in [0.1, 0.15) is 0 Å². The Hall–Kier alpha value is -7.08. The van der Waals surface area contributed by atoms with Crippen molar-refractivity contribution in [3.8, 4) is 17.1 Å². The summed E-state index contributed by atoms with van der Waals surface area (Å²) in [6, 6.07) is 58.7. The zero-order valence-electron chi connectivity index (χ0n) is 29.2. The molecule has 13 rings (SSSR count). The number of nitrogens with zero attached hydrogens (tertiary/aromatic N) is 3. The highest BCUT2D eigenvalue weighted by atomic mass is 32.1. The summed E-state index contributed by atoms with van der Waals surface area (Å²) < 4.78 is 10.0. The fourth-order valence-electron chi connectivity index (χ4n) is 9.30. The summed E-state index contributed by atoms with van der Waals surface area (Å²) in [5, 5.41) is 15.5. The molecule has 0 aliphatic rings. The Balaban J connectivity index is 1.29. The van der Waals surface area contributed by atoms with Crippen LogP contribution in [0, 0.1) is 0 Å². The van der Waals surface area contributed by atoms with E-state index in [-0.39, 0.29) is 0 Å². The fraction of sp³-hybridized carbons (Fsp3) is 0. The molecule has 4 nitrogen and oxygen atoms in total. The highest BCUT2D eigenvalue weighted by Crippen LogP contribution is 2.47. The molecule has 0 spiro atoms. The normalized spacial score (nSPS) is 12.4. The van der Waals surface area contributed by atoms with Crippen LogP contribution in [0.2, 0.25) is 0 Å². The molecule has 55 heavy (non-hydrogen) atoms. The van der Waals surface area contributed by atoms with Gasteiger partial charge in [0.15, 0.2) is 5.82 Å². The van der Waals surface area contributed by atoms with Gasteiger partial charge in [-0.1, -0.05) is 140 Å². The zero-order chi connectivity index (χ0) is 35.8. The number of para-hydroxylation sites is 1. The number of aromatic nitrogens is 3. The van der Waals surface area contributed by atoms with Gasteiger partial charge in [0, 0.05) is 48.0 Å². The van der Waals surface area contributed by atoms with Gasteiger partial charge < -0.3 is 4.42 Å². The van der Waals surface area contributed by atoms with Gasteiger partial charge >= 0.3 is 0 Å². The van der Waals surface area contributed by atoms with Crippen LogP contribution in [0.25, 0.3) is 124 Å². The average molecular weight is 718 g/mol. The first-order valence-electron chi connectivity index (χ1n) is 18.6. The number of thiophene rings is 1. The van der Waals surface area contributed by atoms with Crippen molar-refractivity contribution in [2.75, 3.05) is 0 Å². The molecule has 0 radical (unpaired) electrons. The van der Waals surface area contributed by atoms with E-state index in [0.717, 1.165) is 65.8 Å². The van der Waals surface area contributed by atoms with Gasteiger partial charge in [-0.3, -0.25) is 4.57 Å². The van der Waals surface area contributed by atoms with Crippen molar-refractivity contribution in [1.29, 1.82) is 0 Å². The lowest BCUT2D eigenvalue weighted by Gasteiger charge is -2.15. The van der Waals surface area contributed by atoms with E-state index in [9.17, 15) is 0 Å². The zero-order valence-corrected chi connectivity index (χ0v) is 30.1. The molecule has 5 heteroatoms. The first-order valence-corrected chi connectivity index (χ1v) is 19.4. The minimum absolute atomic E-state index is 0.801. The molecule has 0 N–H and O–H groups in total. The van der Waals surface area contributed by atoms with Crippen molar-refractivity contribution >= 4 is 119 Å². The number of benzene rings is 9. The Morgan fingerprint density at radius 3 is 1.91 bits per heavy atom. The second-order valence-electron chi connectivity index (χ2n) is 14.4. The van der Waals surface area contributed by atoms with Crippen molar-refractivity contribution in [3.63, 3.8) is 0 Å². The number of fused-ring (bicyclic) bond motifs is 18. The Labute approximate surface area is 317 Å². The lowest BCUT2D eigenvalue weighted by Crippen LogP contribution is -2.03. The molecule has 9 aromatic carbocycles. The van der Waals surface area contributed by atoms with Crippen LogP contribution in [0.4, 0.5) is 0 Å². The highest BCUT2D eigenvalue weighted by molar-refractivity contribution is 7.25. The smallest absolute Gasteiger partial charge is 0.165 e. The van der Waals surface area contributed by atoms with Crippen molar-refractivity contribution in [3.05, 3.63) is 164 Å². The standard InChI is InChI=1S/C50H27N3OS/c1-2-13-29-28(12-1)24-25-38-45-39(27-26-34-32-16-4-3-14-30(32)31-15-5-6-17-33(31)44(34)45)53(48(29)38)49-46(52-50-47(51-49)36-19-8-10-23-42(36)55-50)37-20-11-22-41-43(37)35-18-7-9-21-40(35)54-41/h1-27H. The second-order valence-corrected chi connectivity index (χ2v) is 15.4. The van der Waals surface area contributed by atoms with Crippen LogP contribution in [-0.2, 0) is 0 Å². The summed E-state index contributed by atoms with van der Waals surface area (Å²) in [7, 11) is 0. The van der Waals surface area contributed by atoms with Gasteiger partial charge in [-0.25, -0.2) is 9.97 Å². The van der Waals surface area contributed by atoms with E-state index < -0.39 is 0 Å². The first kappa shape index (κ1) is 29.4. The Bertz CT molecular complexity index is 3760. The molecule has 254 valence electrons. The van der Waals surface area contributed by atoms with Crippen molar-refractivity contribution < 1.29 is 4.42 Å². The quantitative estimate of drug-likeness (QED) is 0.167. The molecule has 0 aliphatic heterocycles. The first-order chi connectivity index (χ1) is 27.3. The third-order valence-electron chi connectivity index (χ3n) is 11.6. The molecule has 0 saturated heterocycles. The van der Waals surface area contributed by atoms with E-state index in [1.54, 1.807) is 11.3 Å². The summed E-state index contributed by atoms with van der Waals surface area (Å²) in [5.41, 5.74) is 6.64.